The smallest absolute Gasteiger partial charge is 0.251 e. The van der Waals surface area contributed by atoms with Gasteiger partial charge in [0, 0.05) is 0 Å². The monoisotopic (exact) mass is 247 g/mol. The van der Waals surface area contributed by atoms with E-state index in [9.17, 15) is 4.79 Å². The molecule has 1 rings (SSSR count). The topological polar surface area (TPSA) is 63.3 Å². The summed E-state index contributed by atoms with van der Waals surface area (Å²) in [7, 11) is -1.44. The molecule has 1 aromatic rings. The normalized spacial score (nSPS) is 12.2. The summed E-state index contributed by atoms with van der Waals surface area (Å²) < 4.78 is 17.9. The predicted molar refractivity (Wildman–Crippen MR) is 64.8 cm³/mol. The fourth-order valence-electron chi connectivity index (χ4n) is 1.04. The van der Waals surface area contributed by atoms with E-state index in [1.807, 2.05) is 0 Å². The Bertz CT molecular complexity index is 450. The maximum absolute atomic E-state index is 11.9. The number of thiol groups is 1. The Morgan fingerprint density at radius 2 is 2.20 bits per heavy atom. The van der Waals surface area contributed by atoms with E-state index in [1.54, 1.807) is 19.1 Å². The molecule has 0 aromatic carbocycles. The molecule has 0 fully saturated rings. The number of nitrogens with one attached hydrogen (secondary N) is 1. The lowest BCUT2D eigenvalue weighted by molar-refractivity contribution is 0.105. The van der Waals surface area contributed by atoms with Crippen LogP contribution in [0.5, 0.6) is 0 Å². The largest absolute Gasteiger partial charge is 0.482 e. The predicted octanol–water partition coefficient (Wildman–Crippen LogP) is 1.94. The van der Waals surface area contributed by atoms with Crippen molar-refractivity contribution in [3.8, 4) is 0 Å². The summed E-state index contributed by atoms with van der Waals surface area (Å²) in [5, 5.41) is -0.387. The van der Waals surface area contributed by atoms with Gasteiger partial charge < -0.3 is 9.15 Å². The summed E-state index contributed by atoms with van der Waals surface area (Å²) in [6.45, 7) is 1.74. The second kappa shape index (κ2) is 4.24. The molecule has 1 heterocycles. The van der Waals surface area contributed by atoms with Crippen LogP contribution in [0.25, 0.3) is 0 Å². The van der Waals surface area contributed by atoms with E-state index in [0.717, 1.165) is 0 Å². The number of aryl methyl sites for hydroxylation is 1. The molecule has 1 aromatic heterocycles. The average molecular weight is 247 g/mol. The molecule has 4 nitrogen and oxygen atoms in total. The number of carbonyl (C=O) groups excluding carboxylic acids is 1. The van der Waals surface area contributed by atoms with Crippen molar-refractivity contribution in [2.75, 3.05) is 13.4 Å². The van der Waals surface area contributed by atoms with Crippen LogP contribution < -0.4 is 0 Å². The first kappa shape index (κ1) is 12.1. The summed E-state index contributed by atoms with van der Waals surface area (Å²) in [5.41, 5.74) is 0. The number of carbonyl (C=O) groups is 1. The maximum atomic E-state index is 11.9. The number of hydrogen-bond acceptors (Lipinski definition) is 5. The fourth-order valence-corrected chi connectivity index (χ4v) is 2.38. The van der Waals surface area contributed by atoms with Gasteiger partial charge in [-0.3, -0.25) is 9.57 Å². The molecule has 0 radical (unpaired) electrons. The van der Waals surface area contributed by atoms with Crippen LogP contribution in [0, 0.1) is 11.7 Å². The van der Waals surface area contributed by atoms with Gasteiger partial charge in [0.2, 0.25) is 4.38 Å². The molecule has 0 amide bonds. The molecule has 0 atom stereocenters. The number of thiocarbonyl (C=S) groups is 1. The van der Waals surface area contributed by atoms with Crippen molar-refractivity contribution in [3.63, 3.8) is 0 Å². The van der Waals surface area contributed by atoms with Gasteiger partial charge in [0.05, 0.1) is 7.11 Å². The summed E-state index contributed by atoms with van der Waals surface area (Å²) in [6, 6.07) is 3.24. The molecule has 0 saturated heterocycles. The van der Waals surface area contributed by atoms with Crippen molar-refractivity contribution < 1.29 is 13.9 Å². The number of rotatable bonds is 1. The molecule has 0 saturated carbocycles. The third kappa shape index (κ3) is 2.32. The lowest BCUT2D eigenvalue weighted by Crippen LogP contribution is -2.28. The van der Waals surface area contributed by atoms with E-state index < -0.39 is 9.82 Å². The van der Waals surface area contributed by atoms with Gasteiger partial charge in [0.25, 0.3) is 5.12 Å². The van der Waals surface area contributed by atoms with Crippen LogP contribution in [-0.4, -0.2) is 22.9 Å². The molecule has 0 aliphatic heterocycles. The molecule has 0 unspecified atom stereocenters. The number of furan rings is 1. The zero-order valence-corrected chi connectivity index (χ0v) is 10.4. The maximum Gasteiger partial charge on any atom is 0.251 e. The molecule has 0 bridgehead atoms. The third-order valence-electron chi connectivity index (χ3n) is 1.90. The quantitative estimate of drug-likeness (QED) is 0.588. The Hall–Kier alpha value is -1.01. The van der Waals surface area contributed by atoms with Crippen LogP contribution in [0.1, 0.15) is 16.3 Å². The van der Waals surface area contributed by atoms with Crippen LogP contribution in [0.15, 0.2) is 16.5 Å². The minimum Gasteiger partial charge on any atom is -0.482 e. The Labute approximate surface area is 94.5 Å². The molecule has 84 valence electrons. The van der Waals surface area contributed by atoms with Gasteiger partial charge in [-0.15, -0.1) is 0 Å². The van der Waals surface area contributed by atoms with Crippen molar-refractivity contribution in [1.82, 2.24) is 0 Å². The zero-order chi connectivity index (χ0) is 11.6. The van der Waals surface area contributed by atoms with E-state index in [-0.39, 0.29) is 15.3 Å². The van der Waals surface area contributed by atoms with E-state index in [4.69, 9.17) is 26.2 Å². The lowest BCUT2D eigenvalue weighted by Gasteiger charge is -2.18. The van der Waals surface area contributed by atoms with Crippen LogP contribution >= 0.6 is 12.2 Å². The minimum absolute atomic E-state index is 0.0431. The van der Waals surface area contributed by atoms with Crippen molar-refractivity contribution in [3.05, 3.63) is 23.7 Å². The van der Waals surface area contributed by atoms with Gasteiger partial charge in [-0.05, 0) is 37.5 Å². The highest BCUT2D eigenvalue weighted by Gasteiger charge is 2.25. The molecule has 1 N–H and O–H groups in total. The fraction of sp³-hybridized carbons (Fsp3) is 0.333. The lowest BCUT2D eigenvalue weighted by atomic mass is 10.4. The molecule has 0 aliphatic carbocycles. The molecular weight excluding hydrogens is 234 g/mol. The Morgan fingerprint density at radius 1 is 1.60 bits per heavy atom. The number of methoxy groups -OCH3 is 1. The highest BCUT2D eigenvalue weighted by molar-refractivity contribution is 8.34. The molecule has 6 heteroatoms. The standard InChI is InChI=1S/C9H13NO3S2/c1-6-4-5-7(13-6)8(11)15(3,10)9(14)12-2/h4-5,10,15H,1-3H3. The SMILES string of the molecule is COC(=S)[SH](C)(=N)C(=O)c1ccc(C)o1. The van der Waals surface area contributed by atoms with Gasteiger partial charge in [-0.25, -0.2) is 0 Å². The van der Waals surface area contributed by atoms with E-state index in [2.05, 4.69) is 0 Å². The Balaban J connectivity index is 3.05. The summed E-state index contributed by atoms with van der Waals surface area (Å²) in [5.74, 6) is 0.819. The zero-order valence-electron chi connectivity index (χ0n) is 8.73. The van der Waals surface area contributed by atoms with Crippen LogP contribution in [0.2, 0.25) is 0 Å². The molecule has 0 aliphatic rings. The first-order valence-corrected chi connectivity index (χ1v) is 6.85. The summed E-state index contributed by atoms with van der Waals surface area (Å²) in [4.78, 5) is 11.9. The van der Waals surface area contributed by atoms with E-state index in [1.165, 1.54) is 13.4 Å². The van der Waals surface area contributed by atoms with Gasteiger partial charge in [0.1, 0.15) is 5.76 Å². The van der Waals surface area contributed by atoms with Gasteiger partial charge >= 0.3 is 0 Å². The Kier molecular flexibility index (Phi) is 3.41. The van der Waals surface area contributed by atoms with E-state index in [0.29, 0.717) is 5.76 Å². The first-order chi connectivity index (χ1) is 6.89. The second-order valence-electron chi connectivity index (χ2n) is 3.19. The highest BCUT2D eigenvalue weighted by atomic mass is 32.3. The van der Waals surface area contributed by atoms with Crippen LogP contribution in [-0.2, 0) is 14.6 Å². The molecular formula is C9H13NO3S2. The molecule has 15 heavy (non-hydrogen) atoms. The summed E-state index contributed by atoms with van der Waals surface area (Å²) >= 11 is 4.85. The van der Waals surface area contributed by atoms with Gasteiger partial charge in [-0.1, -0.05) is 9.82 Å². The minimum atomic E-state index is -2.81. The van der Waals surface area contributed by atoms with Crippen molar-refractivity contribution in [1.29, 1.82) is 4.78 Å². The number of hydrogen-bond donors (Lipinski definition) is 2. The van der Waals surface area contributed by atoms with Gasteiger partial charge in [0.15, 0.2) is 5.76 Å². The van der Waals surface area contributed by atoms with Crippen molar-refractivity contribution >= 4 is 31.5 Å². The van der Waals surface area contributed by atoms with Crippen molar-refractivity contribution in [2.24, 2.45) is 0 Å². The van der Waals surface area contributed by atoms with Crippen LogP contribution in [0.4, 0.5) is 0 Å². The van der Waals surface area contributed by atoms with Crippen LogP contribution in [0.3, 0.4) is 0 Å². The number of ether oxygens (including phenoxy) is 1. The average Bonchev–Trinajstić information content (AvgIpc) is 2.62. The Morgan fingerprint density at radius 3 is 2.60 bits per heavy atom. The molecule has 0 spiro atoms. The highest BCUT2D eigenvalue weighted by Crippen LogP contribution is 2.17. The van der Waals surface area contributed by atoms with Crippen molar-refractivity contribution in [2.45, 2.75) is 6.92 Å². The first-order valence-electron chi connectivity index (χ1n) is 4.21. The third-order valence-corrected chi connectivity index (χ3v) is 5.10. The van der Waals surface area contributed by atoms with Gasteiger partial charge in [-0.2, -0.15) is 0 Å². The second-order valence-corrected chi connectivity index (χ2v) is 6.69. The summed E-state index contributed by atoms with van der Waals surface area (Å²) in [6.07, 6.45) is 1.50. The van der Waals surface area contributed by atoms with E-state index >= 15 is 0 Å².